The molecule has 1 aromatic rings. The highest BCUT2D eigenvalue weighted by molar-refractivity contribution is 6.26. The SMILES string of the molecule is C=C(C)C1CC2=C(O1)C(=O)c1ccccc1C2=O. The van der Waals surface area contributed by atoms with Gasteiger partial charge in [-0.25, -0.2) is 0 Å². The third-order valence-corrected chi connectivity index (χ3v) is 3.37. The Bertz CT molecular complexity index is 575. The molecule has 2 aliphatic rings. The van der Waals surface area contributed by atoms with Crippen LogP contribution in [0.2, 0.25) is 0 Å². The number of ketones is 2. The van der Waals surface area contributed by atoms with Crippen LogP contribution in [-0.2, 0) is 4.74 Å². The number of carbonyl (C=O) groups excluding carboxylic acids is 2. The van der Waals surface area contributed by atoms with Gasteiger partial charge in [0.1, 0.15) is 6.10 Å². The second-order valence-corrected chi connectivity index (χ2v) is 4.67. The molecule has 3 nitrogen and oxygen atoms in total. The van der Waals surface area contributed by atoms with E-state index in [2.05, 4.69) is 6.58 Å². The lowest BCUT2D eigenvalue weighted by Crippen LogP contribution is -2.19. The molecule has 0 aromatic heterocycles. The van der Waals surface area contributed by atoms with Crippen molar-refractivity contribution in [3.8, 4) is 0 Å². The molecule has 0 fully saturated rings. The minimum Gasteiger partial charge on any atom is -0.481 e. The molecule has 0 N–H and O–H groups in total. The van der Waals surface area contributed by atoms with Gasteiger partial charge in [-0.15, -0.1) is 0 Å². The lowest BCUT2D eigenvalue weighted by molar-refractivity contribution is 0.0876. The fourth-order valence-electron chi connectivity index (χ4n) is 2.36. The van der Waals surface area contributed by atoms with Crippen LogP contribution in [-0.4, -0.2) is 17.7 Å². The zero-order valence-corrected chi connectivity index (χ0v) is 10.0. The lowest BCUT2D eigenvalue weighted by atomic mass is 9.87. The van der Waals surface area contributed by atoms with Gasteiger partial charge in [0.2, 0.25) is 5.78 Å². The summed E-state index contributed by atoms with van der Waals surface area (Å²) in [6, 6.07) is 6.87. The first kappa shape index (κ1) is 11.0. The Morgan fingerprint density at radius 1 is 1.22 bits per heavy atom. The number of fused-ring (bicyclic) bond motifs is 1. The molecule has 0 saturated heterocycles. The van der Waals surface area contributed by atoms with Crippen molar-refractivity contribution < 1.29 is 14.3 Å². The molecule has 90 valence electrons. The molecule has 0 bridgehead atoms. The Morgan fingerprint density at radius 2 is 1.83 bits per heavy atom. The number of Topliss-reactive ketones (excluding diaryl/α,β-unsaturated/α-hetero) is 2. The normalized spacial score (nSPS) is 21.5. The van der Waals surface area contributed by atoms with Gasteiger partial charge in [0.05, 0.1) is 5.57 Å². The molecule has 0 amide bonds. The largest absolute Gasteiger partial charge is 0.481 e. The lowest BCUT2D eigenvalue weighted by Gasteiger charge is -2.15. The summed E-state index contributed by atoms with van der Waals surface area (Å²) < 4.78 is 5.58. The van der Waals surface area contributed by atoms with Gasteiger partial charge in [0.15, 0.2) is 11.5 Å². The molecule has 1 unspecified atom stereocenters. The molecule has 1 aliphatic heterocycles. The van der Waals surface area contributed by atoms with Gasteiger partial charge in [-0.05, 0) is 12.5 Å². The smallest absolute Gasteiger partial charge is 0.228 e. The highest BCUT2D eigenvalue weighted by Crippen LogP contribution is 2.37. The van der Waals surface area contributed by atoms with Crippen LogP contribution in [0, 0.1) is 0 Å². The summed E-state index contributed by atoms with van der Waals surface area (Å²) in [4.78, 5) is 24.5. The van der Waals surface area contributed by atoms with Gasteiger partial charge in [0.25, 0.3) is 0 Å². The van der Waals surface area contributed by atoms with Crippen LogP contribution in [0.3, 0.4) is 0 Å². The Kier molecular flexibility index (Phi) is 2.23. The van der Waals surface area contributed by atoms with Crippen LogP contribution in [0.1, 0.15) is 34.1 Å². The van der Waals surface area contributed by atoms with Crippen LogP contribution in [0.4, 0.5) is 0 Å². The van der Waals surface area contributed by atoms with Gasteiger partial charge in [-0.3, -0.25) is 9.59 Å². The maximum Gasteiger partial charge on any atom is 0.228 e. The minimum absolute atomic E-state index is 0.0936. The monoisotopic (exact) mass is 240 g/mol. The third kappa shape index (κ3) is 1.37. The second-order valence-electron chi connectivity index (χ2n) is 4.67. The molecule has 0 saturated carbocycles. The molecule has 1 aromatic carbocycles. The predicted octanol–water partition coefficient (Wildman–Crippen LogP) is 2.68. The number of benzene rings is 1. The van der Waals surface area contributed by atoms with Crippen molar-refractivity contribution in [2.75, 3.05) is 0 Å². The summed E-state index contributed by atoms with van der Waals surface area (Å²) in [7, 11) is 0. The number of rotatable bonds is 1. The molecular weight excluding hydrogens is 228 g/mol. The second kappa shape index (κ2) is 3.67. The van der Waals surface area contributed by atoms with Crippen molar-refractivity contribution in [2.45, 2.75) is 19.4 Å². The van der Waals surface area contributed by atoms with Crippen molar-refractivity contribution in [3.63, 3.8) is 0 Å². The molecule has 0 radical (unpaired) electrons. The Labute approximate surface area is 105 Å². The van der Waals surface area contributed by atoms with Gasteiger partial charge >= 0.3 is 0 Å². The van der Waals surface area contributed by atoms with E-state index < -0.39 is 0 Å². The summed E-state index contributed by atoms with van der Waals surface area (Å²) in [6.45, 7) is 5.66. The quantitative estimate of drug-likeness (QED) is 0.709. The fraction of sp³-hybridized carbons (Fsp3) is 0.200. The highest BCUT2D eigenvalue weighted by Gasteiger charge is 2.40. The van der Waals surface area contributed by atoms with E-state index in [-0.39, 0.29) is 23.4 Å². The Hall–Kier alpha value is -2.16. The molecule has 1 atom stereocenters. The number of carbonyl (C=O) groups is 2. The van der Waals surface area contributed by atoms with E-state index in [9.17, 15) is 9.59 Å². The van der Waals surface area contributed by atoms with Crippen LogP contribution in [0.5, 0.6) is 0 Å². The number of hydrogen-bond acceptors (Lipinski definition) is 3. The van der Waals surface area contributed by atoms with E-state index in [1.807, 2.05) is 6.92 Å². The van der Waals surface area contributed by atoms with Crippen molar-refractivity contribution in [1.29, 1.82) is 0 Å². The molecule has 3 rings (SSSR count). The number of allylic oxidation sites excluding steroid dienone is 1. The van der Waals surface area contributed by atoms with E-state index in [1.165, 1.54) is 0 Å². The van der Waals surface area contributed by atoms with E-state index >= 15 is 0 Å². The highest BCUT2D eigenvalue weighted by atomic mass is 16.5. The van der Waals surface area contributed by atoms with Crippen LogP contribution in [0.15, 0.2) is 47.7 Å². The summed E-state index contributed by atoms with van der Waals surface area (Å²) >= 11 is 0. The van der Waals surface area contributed by atoms with E-state index in [1.54, 1.807) is 24.3 Å². The number of ether oxygens (including phenoxy) is 1. The van der Waals surface area contributed by atoms with Gasteiger partial charge in [-0.1, -0.05) is 30.8 Å². The Morgan fingerprint density at radius 3 is 2.44 bits per heavy atom. The first-order chi connectivity index (χ1) is 8.59. The zero-order chi connectivity index (χ0) is 12.9. The summed E-state index contributed by atoms with van der Waals surface area (Å²) in [5.41, 5.74) is 2.23. The first-order valence-electron chi connectivity index (χ1n) is 5.83. The van der Waals surface area contributed by atoms with E-state index in [0.29, 0.717) is 23.1 Å². The summed E-state index contributed by atoms with van der Waals surface area (Å²) in [5.74, 6) is -0.0698. The van der Waals surface area contributed by atoms with Crippen LogP contribution < -0.4 is 0 Å². The van der Waals surface area contributed by atoms with Crippen LogP contribution in [0.25, 0.3) is 0 Å². The van der Waals surface area contributed by atoms with Crippen molar-refractivity contribution >= 4 is 11.6 Å². The molecule has 18 heavy (non-hydrogen) atoms. The first-order valence-corrected chi connectivity index (χ1v) is 5.83. The predicted molar refractivity (Wildman–Crippen MR) is 66.4 cm³/mol. The maximum absolute atomic E-state index is 12.3. The fourth-order valence-corrected chi connectivity index (χ4v) is 2.36. The average molecular weight is 240 g/mol. The van der Waals surface area contributed by atoms with Crippen molar-refractivity contribution in [2.24, 2.45) is 0 Å². The Balaban J connectivity index is 2.09. The van der Waals surface area contributed by atoms with Crippen LogP contribution >= 0.6 is 0 Å². The minimum atomic E-state index is -0.253. The molecular formula is C15H12O3. The summed E-state index contributed by atoms with van der Waals surface area (Å²) in [6.07, 6.45) is 0.195. The molecule has 0 spiro atoms. The molecule has 1 aliphatic carbocycles. The number of hydrogen-bond donors (Lipinski definition) is 0. The van der Waals surface area contributed by atoms with E-state index in [4.69, 9.17) is 4.74 Å². The molecule has 1 heterocycles. The van der Waals surface area contributed by atoms with E-state index in [0.717, 1.165) is 5.57 Å². The third-order valence-electron chi connectivity index (χ3n) is 3.37. The maximum atomic E-state index is 12.3. The zero-order valence-electron chi connectivity index (χ0n) is 10.0. The van der Waals surface area contributed by atoms with Gasteiger partial charge in [0, 0.05) is 17.5 Å². The van der Waals surface area contributed by atoms with Gasteiger partial charge in [-0.2, -0.15) is 0 Å². The van der Waals surface area contributed by atoms with Gasteiger partial charge < -0.3 is 4.74 Å². The van der Waals surface area contributed by atoms with Crippen molar-refractivity contribution in [1.82, 2.24) is 0 Å². The van der Waals surface area contributed by atoms with Crippen molar-refractivity contribution in [3.05, 3.63) is 58.9 Å². The topological polar surface area (TPSA) is 43.4 Å². The summed E-state index contributed by atoms with van der Waals surface area (Å²) in [5, 5.41) is 0. The standard InChI is InChI=1S/C15H12O3/c1-8(2)12-7-11-13(16)9-5-3-4-6-10(9)14(17)15(11)18-12/h3-6,12H,1,7H2,2H3. The molecule has 3 heteroatoms. The average Bonchev–Trinajstić information content (AvgIpc) is 2.81.